The summed E-state index contributed by atoms with van der Waals surface area (Å²) in [5.74, 6) is 1.78. The average molecular weight is 254 g/mol. The molecule has 1 aromatic rings. The second-order valence-electron chi connectivity index (χ2n) is 4.61. The van der Waals surface area contributed by atoms with Gasteiger partial charge in [0.2, 0.25) is 0 Å². The van der Waals surface area contributed by atoms with Crippen LogP contribution in [0, 0.1) is 6.92 Å². The topological polar surface area (TPSA) is 37.4 Å². The van der Waals surface area contributed by atoms with Crippen LogP contribution >= 0.6 is 11.6 Å². The van der Waals surface area contributed by atoms with Crippen LogP contribution in [0.1, 0.15) is 12.0 Å². The van der Waals surface area contributed by atoms with Crippen molar-refractivity contribution in [2.24, 2.45) is 0 Å². The summed E-state index contributed by atoms with van der Waals surface area (Å²) in [5.41, 5.74) is 0.971. The molecule has 3 heterocycles. The Morgan fingerprint density at radius 3 is 3.35 bits per heavy atom. The van der Waals surface area contributed by atoms with Gasteiger partial charge in [0.05, 0.1) is 6.61 Å². The third kappa shape index (κ3) is 1.96. The second-order valence-corrected chi connectivity index (χ2v) is 4.96. The smallest absolute Gasteiger partial charge is 0.173 e. The number of pyridine rings is 1. The van der Waals surface area contributed by atoms with Gasteiger partial charge in [0.25, 0.3) is 0 Å². The van der Waals surface area contributed by atoms with E-state index in [1.54, 1.807) is 0 Å². The van der Waals surface area contributed by atoms with Crippen LogP contribution in [0.3, 0.4) is 0 Å². The maximum atomic E-state index is 6.12. The highest BCUT2D eigenvalue weighted by molar-refractivity contribution is 6.30. The van der Waals surface area contributed by atoms with Crippen molar-refractivity contribution in [3.8, 4) is 5.75 Å². The molecule has 1 fully saturated rings. The maximum Gasteiger partial charge on any atom is 0.173 e. The number of nitrogens with one attached hydrogen (secondary N) is 1. The first-order valence-electron chi connectivity index (χ1n) is 6.03. The molecule has 2 aliphatic rings. The van der Waals surface area contributed by atoms with Crippen LogP contribution in [0.5, 0.6) is 5.75 Å². The number of fused-ring (bicyclic) bond motifs is 3. The van der Waals surface area contributed by atoms with Gasteiger partial charge in [-0.25, -0.2) is 4.98 Å². The Labute approximate surface area is 106 Å². The van der Waals surface area contributed by atoms with Gasteiger partial charge >= 0.3 is 0 Å². The summed E-state index contributed by atoms with van der Waals surface area (Å²) in [6.07, 6.45) is 1.03. The Balaban J connectivity index is 2.05. The van der Waals surface area contributed by atoms with E-state index in [0.717, 1.165) is 49.8 Å². The van der Waals surface area contributed by atoms with Crippen molar-refractivity contribution in [3.05, 3.63) is 16.8 Å². The number of ether oxygens (including phenoxy) is 1. The first kappa shape index (κ1) is 11.1. The van der Waals surface area contributed by atoms with Crippen molar-refractivity contribution in [2.45, 2.75) is 19.4 Å². The monoisotopic (exact) mass is 253 g/mol. The molecule has 0 radical (unpaired) electrons. The first-order chi connectivity index (χ1) is 8.25. The van der Waals surface area contributed by atoms with Crippen molar-refractivity contribution in [2.75, 3.05) is 31.1 Å². The predicted octanol–water partition coefficient (Wildman–Crippen LogP) is 1.60. The van der Waals surface area contributed by atoms with Crippen LogP contribution in [-0.4, -0.2) is 37.3 Å². The number of rotatable bonds is 0. The number of aromatic nitrogens is 1. The molecule has 0 aliphatic carbocycles. The number of piperazine rings is 1. The van der Waals surface area contributed by atoms with E-state index in [1.165, 1.54) is 0 Å². The molecule has 0 saturated carbocycles. The predicted molar refractivity (Wildman–Crippen MR) is 68.1 cm³/mol. The van der Waals surface area contributed by atoms with Gasteiger partial charge in [0.1, 0.15) is 5.15 Å². The molecule has 2 aliphatic heterocycles. The highest BCUT2D eigenvalue weighted by Gasteiger charge is 2.29. The number of hydrogen-bond acceptors (Lipinski definition) is 4. The summed E-state index contributed by atoms with van der Waals surface area (Å²) in [5, 5.41) is 3.99. The van der Waals surface area contributed by atoms with Gasteiger partial charge < -0.3 is 15.0 Å². The van der Waals surface area contributed by atoms with Crippen molar-refractivity contribution in [1.82, 2.24) is 10.3 Å². The van der Waals surface area contributed by atoms with E-state index in [-0.39, 0.29) is 0 Å². The third-order valence-electron chi connectivity index (χ3n) is 3.43. The zero-order valence-corrected chi connectivity index (χ0v) is 10.6. The van der Waals surface area contributed by atoms with Gasteiger partial charge in [0.15, 0.2) is 11.6 Å². The molecule has 4 nitrogen and oxygen atoms in total. The Morgan fingerprint density at radius 2 is 2.47 bits per heavy atom. The van der Waals surface area contributed by atoms with Crippen LogP contribution in [0.4, 0.5) is 5.82 Å². The van der Waals surface area contributed by atoms with Crippen molar-refractivity contribution >= 4 is 17.4 Å². The quantitative estimate of drug-likeness (QED) is 0.713. The van der Waals surface area contributed by atoms with E-state index < -0.39 is 0 Å². The molecular weight excluding hydrogens is 238 g/mol. The summed E-state index contributed by atoms with van der Waals surface area (Å²) in [4.78, 5) is 6.82. The molecule has 17 heavy (non-hydrogen) atoms. The van der Waals surface area contributed by atoms with Crippen molar-refractivity contribution in [3.63, 3.8) is 0 Å². The lowest BCUT2D eigenvalue weighted by molar-refractivity contribution is 0.303. The number of nitrogens with zero attached hydrogens (tertiary/aromatic N) is 2. The number of anilines is 1. The molecule has 1 atom stereocenters. The Bertz CT molecular complexity index is 438. The van der Waals surface area contributed by atoms with E-state index in [4.69, 9.17) is 16.3 Å². The lowest BCUT2D eigenvalue weighted by Gasteiger charge is -2.35. The van der Waals surface area contributed by atoms with Crippen LogP contribution < -0.4 is 15.0 Å². The average Bonchev–Trinajstić information content (AvgIpc) is 2.50. The summed E-state index contributed by atoms with van der Waals surface area (Å²) < 4.78 is 5.79. The fourth-order valence-electron chi connectivity index (χ4n) is 2.47. The number of hydrogen-bond donors (Lipinski definition) is 1. The SMILES string of the molecule is Cc1cc2c(nc1Cl)N1CCNC[C@H]1CCO2. The Morgan fingerprint density at radius 1 is 1.59 bits per heavy atom. The fraction of sp³-hybridized carbons (Fsp3) is 0.583. The maximum absolute atomic E-state index is 6.12. The molecule has 1 aromatic heterocycles. The minimum absolute atomic E-state index is 0.469. The lowest BCUT2D eigenvalue weighted by atomic mass is 10.1. The van der Waals surface area contributed by atoms with Crippen LogP contribution in [0.25, 0.3) is 0 Å². The summed E-state index contributed by atoms with van der Waals surface area (Å²) >= 11 is 6.12. The zero-order chi connectivity index (χ0) is 11.8. The van der Waals surface area contributed by atoms with E-state index in [9.17, 15) is 0 Å². The van der Waals surface area contributed by atoms with Gasteiger partial charge in [0, 0.05) is 32.1 Å². The first-order valence-corrected chi connectivity index (χ1v) is 6.41. The van der Waals surface area contributed by atoms with E-state index >= 15 is 0 Å². The van der Waals surface area contributed by atoms with Crippen LogP contribution in [0.2, 0.25) is 5.15 Å². The van der Waals surface area contributed by atoms with Crippen LogP contribution in [0.15, 0.2) is 6.07 Å². The van der Waals surface area contributed by atoms with Gasteiger partial charge in [-0.05, 0) is 18.6 Å². The number of halogens is 1. The molecule has 0 bridgehead atoms. The summed E-state index contributed by atoms with van der Waals surface area (Å²) in [6.45, 7) is 5.66. The molecule has 1 saturated heterocycles. The summed E-state index contributed by atoms with van der Waals surface area (Å²) in [6, 6.07) is 2.46. The highest BCUT2D eigenvalue weighted by Crippen LogP contribution is 2.34. The second kappa shape index (κ2) is 4.35. The van der Waals surface area contributed by atoms with E-state index in [1.807, 2.05) is 13.0 Å². The molecule has 5 heteroatoms. The lowest BCUT2D eigenvalue weighted by Crippen LogP contribution is -2.51. The molecule has 92 valence electrons. The Kier molecular flexibility index (Phi) is 2.84. The largest absolute Gasteiger partial charge is 0.490 e. The molecule has 3 rings (SSSR count). The normalized spacial score (nSPS) is 23.4. The van der Waals surface area contributed by atoms with Crippen LogP contribution in [-0.2, 0) is 0 Å². The third-order valence-corrected chi connectivity index (χ3v) is 3.81. The van der Waals surface area contributed by atoms with Crippen molar-refractivity contribution in [1.29, 1.82) is 0 Å². The molecule has 1 N–H and O–H groups in total. The molecule has 0 amide bonds. The highest BCUT2D eigenvalue weighted by atomic mass is 35.5. The minimum Gasteiger partial charge on any atom is -0.490 e. The molecular formula is C12H16ClN3O. The fourth-order valence-corrected chi connectivity index (χ4v) is 2.61. The number of aryl methyl sites for hydroxylation is 1. The molecule has 0 spiro atoms. The van der Waals surface area contributed by atoms with Gasteiger partial charge in [-0.1, -0.05) is 11.6 Å². The molecule has 0 aromatic carbocycles. The standard InChI is InChI=1S/C12H16ClN3O/c1-8-6-10-12(15-11(8)13)16-4-3-14-7-9(16)2-5-17-10/h6,9,14H,2-5,7H2,1H3/t9-/m1/s1. The molecule has 0 unspecified atom stereocenters. The van der Waals surface area contributed by atoms with Gasteiger partial charge in [-0.15, -0.1) is 0 Å². The van der Waals surface area contributed by atoms with Crippen molar-refractivity contribution < 1.29 is 4.74 Å². The summed E-state index contributed by atoms with van der Waals surface area (Å²) in [7, 11) is 0. The van der Waals surface area contributed by atoms with E-state index in [0.29, 0.717) is 11.2 Å². The zero-order valence-electron chi connectivity index (χ0n) is 9.87. The van der Waals surface area contributed by atoms with Gasteiger partial charge in [-0.2, -0.15) is 0 Å². The minimum atomic E-state index is 0.469. The van der Waals surface area contributed by atoms with E-state index in [2.05, 4.69) is 15.2 Å². The Hall–Kier alpha value is -1.00. The van der Waals surface area contributed by atoms with Gasteiger partial charge in [-0.3, -0.25) is 0 Å².